The van der Waals surface area contributed by atoms with Gasteiger partial charge in [-0.2, -0.15) is 8.78 Å². The maximum absolute atomic E-state index is 11.8. The van der Waals surface area contributed by atoms with Crippen molar-refractivity contribution in [1.82, 2.24) is 4.98 Å². The van der Waals surface area contributed by atoms with E-state index in [0.29, 0.717) is 24.7 Å². The van der Waals surface area contributed by atoms with E-state index in [0.717, 1.165) is 15.3 Å². The third-order valence-electron chi connectivity index (χ3n) is 2.41. The second-order valence-electron chi connectivity index (χ2n) is 4.13. The highest BCUT2D eigenvalue weighted by molar-refractivity contribution is 8.01. The third-order valence-corrected chi connectivity index (χ3v) is 4.53. The van der Waals surface area contributed by atoms with Gasteiger partial charge in [0.25, 0.3) is 6.08 Å². The number of rotatable bonds is 8. The lowest BCUT2D eigenvalue weighted by molar-refractivity contribution is 0.135. The molecule has 1 heterocycles. The van der Waals surface area contributed by atoms with Crippen LogP contribution in [0.15, 0.2) is 27.8 Å². The molecule has 2 rings (SSSR count). The summed E-state index contributed by atoms with van der Waals surface area (Å²) in [6, 6.07) is 0. The van der Waals surface area contributed by atoms with Crippen LogP contribution in [0.25, 0.3) is 0 Å². The first-order valence-corrected chi connectivity index (χ1v) is 7.79. The molecule has 1 fully saturated rings. The number of nitrogens with zero attached hydrogens (tertiary/aromatic N) is 2. The molecule has 104 valence electrons. The van der Waals surface area contributed by atoms with Crippen molar-refractivity contribution in [1.29, 1.82) is 0 Å². The van der Waals surface area contributed by atoms with Gasteiger partial charge in [-0.3, -0.25) is 0 Å². The van der Waals surface area contributed by atoms with Crippen LogP contribution in [0.3, 0.4) is 0 Å². The Balaban J connectivity index is 1.67. The zero-order chi connectivity index (χ0) is 13.5. The van der Waals surface area contributed by atoms with Crippen molar-refractivity contribution < 1.29 is 13.6 Å². The smallest absolute Gasteiger partial charge is 0.266 e. The van der Waals surface area contributed by atoms with Crippen LogP contribution in [0.4, 0.5) is 8.78 Å². The molecule has 1 aromatic rings. The summed E-state index contributed by atoms with van der Waals surface area (Å²) in [5.74, 6) is 1.29. The van der Waals surface area contributed by atoms with E-state index in [2.05, 4.69) is 10.1 Å². The van der Waals surface area contributed by atoms with Crippen LogP contribution in [-0.4, -0.2) is 23.6 Å². The van der Waals surface area contributed by atoms with Crippen LogP contribution in [0.2, 0.25) is 0 Å². The molecule has 0 amide bonds. The number of hydrogen-bond acceptors (Lipinski definition) is 5. The fraction of sp³-hybridized carbons (Fsp3) is 0.500. The molecule has 0 saturated heterocycles. The number of allylic oxidation sites excluding steroid dienone is 1. The summed E-state index contributed by atoms with van der Waals surface area (Å²) < 4.78 is 24.5. The molecule has 7 heteroatoms. The molecule has 0 N–H and O–H groups in total. The van der Waals surface area contributed by atoms with Gasteiger partial charge in [-0.05, 0) is 31.3 Å². The minimum Gasteiger partial charge on any atom is -0.395 e. The van der Waals surface area contributed by atoms with Gasteiger partial charge in [0.05, 0.1) is 11.1 Å². The first kappa shape index (κ1) is 14.5. The molecule has 1 aromatic heterocycles. The van der Waals surface area contributed by atoms with E-state index in [1.807, 2.05) is 0 Å². The Kier molecular flexibility index (Phi) is 5.78. The fourth-order valence-electron chi connectivity index (χ4n) is 1.23. The van der Waals surface area contributed by atoms with Crippen molar-refractivity contribution in [2.45, 2.75) is 23.6 Å². The van der Waals surface area contributed by atoms with Crippen LogP contribution >= 0.6 is 23.1 Å². The van der Waals surface area contributed by atoms with E-state index in [9.17, 15) is 8.78 Å². The molecule has 0 aliphatic heterocycles. The van der Waals surface area contributed by atoms with Crippen molar-refractivity contribution in [3.63, 3.8) is 0 Å². The first-order chi connectivity index (χ1) is 9.24. The van der Waals surface area contributed by atoms with E-state index < -0.39 is 6.08 Å². The number of thiazole rings is 1. The Hall–Kier alpha value is -0.950. The van der Waals surface area contributed by atoms with Gasteiger partial charge in [0, 0.05) is 11.9 Å². The zero-order valence-corrected chi connectivity index (χ0v) is 11.9. The van der Waals surface area contributed by atoms with Crippen LogP contribution < -0.4 is 0 Å². The average Bonchev–Trinajstić information content (AvgIpc) is 3.09. The Morgan fingerprint density at radius 3 is 3.16 bits per heavy atom. The van der Waals surface area contributed by atoms with E-state index in [1.165, 1.54) is 35.9 Å². The molecule has 3 nitrogen and oxygen atoms in total. The highest BCUT2D eigenvalue weighted by Crippen LogP contribution is 2.29. The molecule has 0 bridgehead atoms. The van der Waals surface area contributed by atoms with Crippen molar-refractivity contribution in [3.8, 4) is 0 Å². The van der Waals surface area contributed by atoms with E-state index in [1.54, 1.807) is 12.4 Å². The van der Waals surface area contributed by atoms with Gasteiger partial charge in [-0.25, -0.2) is 4.98 Å². The lowest BCUT2D eigenvalue weighted by atomic mass is 10.5. The molecule has 0 atom stereocenters. The predicted octanol–water partition coefficient (Wildman–Crippen LogP) is 4.17. The molecule has 0 aromatic carbocycles. The lowest BCUT2D eigenvalue weighted by Gasteiger charge is -1.93. The summed E-state index contributed by atoms with van der Waals surface area (Å²) in [5.41, 5.74) is 0. The van der Waals surface area contributed by atoms with E-state index in [4.69, 9.17) is 4.84 Å². The maximum Gasteiger partial charge on any atom is 0.266 e. The Bertz CT molecular complexity index is 454. The Morgan fingerprint density at radius 2 is 2.42 bits per heavy atom. The fourth-order valence-corrected chi connectivity index (χ4v) is 3.05. The molecular weight excluding hydrogens is 290 g/mol. The summed E-state index contributed by atoms with van der Waals surface area (Å²) in [6.45, 7) is 0.693. The van der Waals surface area contributed by atoms with Gasteiger partial charge in [0.1, 0.15) is 10.9 Å². The lowest BCUT2D eigenvalue weighted by Crippen LogP contribution is -1.89. The zero-order valence-electron chi connectivity index (χ0n) is 10.2. The van der Waals surface area contributed by atoms with Gasteiger partial charge in [-0.15, -0.1) is 11.3 Å². The molecule has 0 unspecified atom stereocenters. The van der Waals surface area contributed by atoms with Crippen molar-refractivity contribution >= 4 is 29.3 Å². The molecule has 0 radical (unpaired) electrons. The summed E-state index contributed by atoms with van der Waals surface area (Å²) in [5, 5.41) is 3.88. The van der Waals surface area contributed by atoms with E-state index in [-0.39, 0.29) is 0 Å². The minimum atomic E-state index is -1.62. The normalized spacial score (nSPS) is 14.8. The Labute approximate surface area is 118 Å². The summed E-state index contributed by atoms with van der Waals surface area (Å²) in [4.78, 5) is 10.2. The van der Waals surface area contributed by atoms with E-state index >= 15 is 0 Å². The molecule has 19 heavy (non-hydrogen) atoms. The van der Waals surface area contributed by atoms with Gasteiger partial charge in [0.2, 0.25) is 0 Å². The summed E-state index contributed by atoms with van der Waals surface area (Å²) >= 11 is 2.94. The standard InChI is InChI=1S/C12H14F2N2OS2/c13-11(14)2-1-5-18-12-15-6-10(19-12)7-16-17-8-9-3-4-9/h2,6-7,9H,1,3-5,8H2/b16-7-. The predicted molar refractivity (Wildman–Crippen MR) is 74.0 cm³/mol. The minimum absolute atomic E-state index is 0.348. The number of halogens is 2. The second kappa shape index (κ2) is 7.59. The molecule has 1 aliphatic carbocycles. The highest BCUT2D eigenvalue weighted by Gasteiger charge is 2.21. The summed E-state index contributed by atoms with van der Waals surface area (Å²) in [7, 11) is 0. The summed E-state index contributed by atoms with van der Waals surface area (Å²) in [6.07, 6.45) is 5.49. The van der Waals surface area contributed by atoms with Gasteiger partial charge >= 0.3 is 0 Å². The van der Waals surface area contributed by atoms with Gasteiger partial charge < -0.3 is 4.84 Å². The number of oxime groups is 1. The number of aromatic nitrogens is 1. The monoisotopic (exact) mass is 304 g/mol. The average molecular weight is 304 g/mol. The first-order valence-electron chi connectivity index (χ1n) is 5.99. The largest absolute Gasteiger partial charge is 0.395 e. The van der Waals surface area contributed by atoms with Crippen LogP contribution in [-0.2, 0) is 4.84 Å². The number of hydrogen-bond donors (Lipinski definition) is 0. The maximum atomic E-state index is 11.8. The third kappa shape index (κ3) is 6.15. The number of thioether (sulfide) groups is 1. The van der Waals surface area contributed by atoms with Crippen LogP contribution in [0.1, 0.15) is 24.1 Å². The SMILES string of the molecule is FC(F)=CCCSc1ncc(/C=N\OCC2CC2)s1. The van der Waals surface area contributed by atoms with Crippen molar-refractivity contribution in [2.24, 2.45) is 11.1 Å². The topological polar surface area (TPSA) is 34.5 Å². The molecule has 1 aliphatic rings. The van der Waals surface area contributed by atoms with Gasteiger partial charge in [0.15, 0.2) is 0 Å². The van der Waals surface area contributed by atoms with Crippen LogP contribution in [0.5, 0.6) is 0 Å². The van der Waals surface area contributed by atoms with Crippen molar-refractivity contribution in [3.05, 3.63) is 23.2 Å². The quantitative estimate of drug-likeness (QED) is 0.313. The van der Waals surface area contributed by atoms with Crippen molar-refractivity contribution in [2.75, 3.05) is 12.4 Å². The highest BCUT2D eigenvalue weighted by atomic mass is 32.2. The Morgan fingerprint density at radius 1 is 1.58 bits per heavy atom. The molecule has 1 saturated carbocycles. The molecular formula is C12H14F2N2OS2. The van der Waals surface area contributed by atoms with Gasteiger partial charge in [-0.1, -0.05) is 16.9 Å². The van der Waals surface area contributed by atoms with Crippen LogP contribution in [0, 0.1) is 5.92 Å². The molecule has 0 spiro atoms. The second-order valence-corrected chi connectivity index (χ2v) is 6.54.